The quantitative estimate of drug-likeness (QED) is 0.321. The fourth-order valence-corrected chi connectivity index (χ4v) is 2.67. The Hall–Kier alpha value is -3.72. The zero-order chi connectivity index (χ0) is 22.4. The number of carbonyl (C=O) groups excluding carboxylic acids is 2. The number of para-hydroxylation sites is 1. The summed E-state index contributed by atoms with van der Waals surface area (Å²) >= 11 is 0. The van der Waals surface area contributed by atoms with E-state index in [4.69, 9.17) is 13.9 Å². The first-order valence-electron chi connectivity index (χ1n) is 9.64. The van der Waals surface area contributed by atoms with Crippen LogP contribution in [0.4, 0.5) is 4.39 Å². The molecule has 4 N–H and O–H groups in total. The van der Waals surface area contributed by atoms with E-state index in [1.807, 2.05) is 0 Å². The molecule has 0 bridgehead atoms. The minimum atomic E-state index is -0.607. The molecule has 1 atom stereocenters. The number of rotatable bonds is 8. The smallest absolute Gasteiger partial charge is 0.311 e. The summed E-state index contributed by atoms with van der Waals surface area (Å²) in [5.41, 5.74) is 3.31. The molecular weight excluding hydrogens is 407 g/mol. The lowest BCUT2D eigenvalue weighted by atomic mass is 10.2. The minimum Gasteiger partial charge on any atom is -0.460 e. The number of hydrogen-bond acceptors (Lipinski definition) is 6. The zero-order valence-electron chi connectivity index (χ0n) is 16.9. The van der Waals surface area contributed by atoms with E-state index in [1.54, 1.807) is 13.0 Å². The van der Waals surface area contributed by atoms with Gasteiger partial charge in [-0.15, -0.1) is 0 Å². The molecule has 0 radical (unpaired) electrons. The molecule has 0 unspecified atom stereocenters. The Bertz CT molecular complexity index is 1160. The van der Waals surface area contributed by atoms with E-state index in [-0.39, 0.29) is 46.6 Å². The van der Waals surface area contributed by atoms with Crippen molar-refractivity contribution >= 4 is 22.8 Å². The van der Waals surface area contributed by atoms with Gasteiger partial charge in [0.1, 0.15) is 17.6 Å². The molecule has 0 saturated carbocycles. The van der Waals surface area contributed by atoms with Gasteiger partial charge in [0.25, 0.3) is 5.91 Å². The largest absolute Gasteiger partial charge is 0.460 e. The fourth-order valence-electron chi connectivity index (χ4n) is 2.67. The summed E-state index contributed by atoms with van der Waals surface area (Å²) in [6.07, 6.45) is 1.59. The summed E-state index contributed by atoms with van der Waals surface area (Å²) in [7, 11) is 0. The van der Waals surface area contributed by atoms with E-state index >= 15 is 0 Å². The third-order valence-corrected chi connectivity index (χ3v) is 4.31. The van der Waals surface area contributed by atoms with Gasteiger partial charge in [-0.25, -0.2) is 4.39 Å². The standard InChI is InChI=1S/C22H21FN2O6/c1-13(24)22(28)25-10-4-7-20(26)30-14-8-9-15-18(11-14)29-12-19(21(15)27)31-17-6-3-2-5-16(17)23/h2-3,5-6,8-9,11-13H,4,7,10,24H2,1H3,(H,25,28)/p+1/t13-/m1/s1. The first-order chi connectivity index (χ1) is 14.8. The summed E-state index contributed by atoms with van der Waals surface area (Å²) in [4.78, 5) is 36.0. The molecule has 2 aromatic carbocycles. The molecule has 0 aliphatic carbocycles. The second-order valence-electron chi connectivity index (χ2n) is 6.89. The third-order valence-electron chi connectivity index (χ3n) is 4.31. The number of nitrogens with one attached hydrogen (secondary N) is 1. The van der Waals surface area contributed by atoms with Crippen molar-refractivity contribution < 1.29 is 33.6 Å². The van der Waals surface area contributed by atoms with Gasteiger partial charge in [0, 0.05) is 19.0 Å². The number of benzene rings is 2. The van der Waals surface area contributed by atoms with Crippen molar-refractivity contribution in [3.8, 4) is 17.2 Å². The average molecular weight is 429 g/mol. The molecule has 0 aliphatic rings. The molecule has 0 saturated heterocycles. The summed E-state index contributed by atoms with van der Waals surface area (Å²) in [6, 6.07) is 9.64. The van der Waals surface area contributed by atoms with Crippen molar-refractivity contribution in [2.45, 2.75) is 25.8 Å². The van der Waals surface area contributed by atoms with Crippen molar-refractivity contribution in [1.29, 1.82) is 0 Å². The molecule has 0 aliphatic heterocycles. The molecule has 1 heterocycles. The molecule has 162 valence electrons. The number of halogens is 1. The highest BCUT2D eigenvalue weighted by Crippen LogP contribution is 2.25. The third kappa shape index (κ3) is 5.67. The summed E-state index contributed by atoms with van der Waals surface area (Å²) < 4.78 is 29.7. The molecule has 0 fully saturated rings. The Labute approximate surface area is 176 Å². The normalized spacial score (nSPS) is 11.7. The van der Waals surface area contributed by atoms with Crippen LogP contribution in [0, 0.1) is 5.82 Å². The lowest BCUT2D eigenvalue weighted by Crippen LogP contribution is -2.65. The highest BCUT2D eigenvalue weighted by molar-refractivity contribution is 5.81. The Morgan fingerprint density at radius 3 is 2.71 bits per heavy atom. The summed E-state index contributed by atoms with van der Waals surface area (Å²) in [6.45, 7) is 2.02. The van der Waals surface area contributed by atoms with Crippen molar-refractivity contribution in [3.63, 3.8) is 0 Å². The lowest BCUT2D eigenvalue weighted by molar-refractivity contribution is -0.398. The Balaban J connectivity index is 1.64. The number of fused-ring (bicyclic) bond motifs is 1. The van der Waals surface area contributed by atoms with Gasteiger partial charge in [-0.2, -0.15) is 0 Å². The van der Waals surface area contributed by atoms with Gasteiger partial charge in [0.05, 0.1) is 5.39 Å². The van der Waals surface area contributed by atoms with Crippen molar-refractivity contribution in [1.82, 2.24) is 5.32 Å². The molecular formula is C22H22FN2O6+. The Morgan fingerprint density at radius 2 is 1.97 bits per heavy atom. The van der Waals surface area contributed by atoms with Gasteiger partial charge < -0.3 is 24.9 Å². The lowest BCUT2D eigenvalue weighted by Gasteiger charge is -2.08. The number of quaternary nitrogens is 1. The van der Waals surface area contributed by atoms with Crippen LogP contribution in [0.5, 0.6) is 17.2 Å². The topological polar surface area (TPSA) is 122 Å². The van der Waals surface area contributed by atoms with E-state index < -0.39 is 17.2 Å². The van der Waals surface area contributed by atoms with Crippen LogP contribution in [-0.4, -0.2) is 24.5 Å². The second-order valence-corrected chi connectivity index (χ2v) is 6.89. The van der Waals surface area contributed by atoms with Crippen LogP contribution in [-0.2, 0) is 9.59 Å². The number of amides is 1. The van der Waals surface area contributed by atoms with E-state index in [2.05, 4.69) is 11.1 Å². The van der Waals surface area contributed by atoms with Crippen molar-refractivity contribution in [3.05, 3.63) is 64.8 Å². The summed E-state index contributed by atoms with van der Waals surface area (Å²) in [5, 5.41) is 2.86. The predicted molar refractivity (Wildman–Crippen MR) is 109 cm³/mol. The molecule has 1 amide bonds. The van der Waals surface area contributed by atoms with Gasteiger partial charge in [-0.1, -0.05) is 12.1 Å². The number of hydrogen-bond donors (Lipinski definition) is 2. The minimum absolute atomic E-state index is 0.0967. The molecule has 0 spiro atoms. The molecule has 8 nitrogen and oxygen atoms in total. The van der Waals surface area contributed by atoms with E-state index in [1.165, 1.54) is 36.4 Å². The molecule has 3 aromatic rings. The van der Waals surface area contributed by atoms with Crippen LogP contribution in [0.3, 0.4) is 0 Å². The van der Waals surface area contributed by atoms with Crippen LogP contribution < -0.4 is 26.0 Å². The maximum absolute atomic E-state index is 13.8. The first-order valence-corrected chi connectivity index (χ1v) is 9.64. The van der Waals surface area contributed by atoms with Crippen molar-refractivity contribution in [2.75, 3.05) is 6.54 Å². The van der Waals surface area contributed by atoms with Gasteiger partial charge in [-0.05, 0) is 37.6 Å². The highest BCUT2D eigenvalue weighted by atomic mass is 19.1. The maximum atomic E-state index is 13.8. The van der Waals surface area contributed by atoms with E-state index in [0.717, 1.165) is 6.26 Å². The first kappa shape index (κ1) is 22.0. The molecule has 1 aromatic heterocycles. The van der Waals surface area contributed by atoms with Gasteiger partial charge in [-0.3, -0.25) is 14.4 Å². The number of ether oxygens (including phenoxy) is 2. The average Bonchev–Trinajstić information content (AvgIpc) is 2.74. The van der Waals surface area contributed by atoms with Crippen LogP contribution in [0.1, 0.15) is 19.8 Å². The highest BCUT2D eigenvalue weighted by Gasteiger charge is 2.14. The van der Waals surface area contributed by atoms with Crippen LogP contribution in [0.2, 0.25) is 0 Å². The Morgan fingerprint density at radius 1 is 1.19 bits per heavy atom. The van der Waals surface area contributed by atoms with Crippen LogP contribution in [0.15, 0.2) is 57.9 Å². The van der Waals surface area contributed by atoms with Crippen LogP contribution in [0.25, 0.3) is 11.0 Å². The second kappa shape index (κ2) is 9.86. The molecule has 3 rings (SSSR count). The van der Waals surface area contributed by atoms with Gasteiger partial charge in [0.15, 0.2) is 17.6 Å². The fraction of sp³-hybridized carbons (Fsp3) is 0.227. The van der Waals surface area contributed by atoms with E-state index in [9.17, 15) is 18.8 Å². The maximum Gasteiger partial charge on any atom is 0.311 e. The van der Waals surface area contributed by atoms with E-state index in [0.29, 0.717) is 13.0 Å². The SMILES string of the molecule is C[C@@H]([NH3+])C(=O)NCCCC(=O)Oc1ccc2c(=O)c(Oc3ccccc3F)coc2c1. The molecule has 31 heavy (non-hydrogen) atoms. The van der Waals surface area contributed by atoms with Crippen LogP contribution >= 0.6 is 0 Å². The Kier molecular flexibility index (Phi) is 6.99. The van der Waals surface area contributed by atoms with Gasteiger partial charge in [0.2, 0.25) is 11.2 Å². The predicted octanol–water partition coefficient (Wildman–Crippen LogP) is 2.16. The number of carbonyl (C=O) groups is 2. The monoisotopic (exact) mass is 429 g/mol. The number of esters is 1. The van der Waals surface area contributed by atoms with Crippen molar-refractivity contribution in [2.24, 2.45) is 0 Å². The van der Waals surface area contributed by atoms with Gasteiger partial charge >= 0.3 is 5.97 Å². The summed E-state index contributed by atoms with van der Waals surface area (Å²) in [5.74, 6) is -1.33. The molecule has 9 heteroatoms. The zero-order valence-corrected chi connectivity index (χ0v) is 16.9.